The average Bonchev–Trinajstić information content (AvgIpc) is 2.52. The molecule has 0 bridgehead atoms. The van der Waals surface area contributed by atoms with E-state index in [9.17, 15) is 0 Å². The summed E-state index contributed by atoms with van der Waals surface area (Å²) < 4.78 is 0. The molecule has 0 spiro atoms. The van der Waals surface area contributed by atoms with Gasteiger partial charge in [-0.25, -0.2) is 0 Å². The first-order chi connectivity index (χ1) is 7.11. The molecule has 15 heavy (non-hydrogen) atoms. The van der Waals surface area contributed by atoms with Crippen molar-refractivity contribution in [3.8, 4) is 0 Å². The fourth-order valence-electron chi connectivity index (χ4n) is 2.24. The van der Waals surface area contributed by atoms with E-state index >= 15 is 0 Å². The van der Waals surface area contributed by atoms with Crippen LogP contribution in [0.15, 0.2) is 0 Å². The Morgan fingerprint density at radius 3 is 2.47 bits per heavy atom. The number of unbranched alkanes of at least 4 members (excludes halogenated alkanes) is 1. The van der Waals surface area contributed by atoms with Gasteiger partial charge in [-0.05, 0) is 38.9 Å². The van der Waals surface area contributed by atoms with E-state index < -0.39 is 0 Å². The second kappa shape index (κ2) is 5.69. The van der Waals surface area contributed by atoms with E-state index in [1.165, 1.54) is 19.3 Å². The lowest BCUT2D eigenvalue weighted by Gasteiger charge is -2.28. The maximum atomic E-state index is 5.55. The molecule has 0 aromatic heterocycles. The van der Waals surface area contributed by atoms with E-state index in [1.807, 2.05) is 0 Å². The Morgan fingerprint density at radius 2 is 2.07 bits per heavy atom. The highest BCUT2D eigenvalue weighted by Gasteiger charge is 2.33. The molecule has 0 amide bonds. The predicted molar refractivity (Wildman–Crippen MR) is 70.1 cm³/mol. The summed E-state index contributed by atoms with van der Waals surface area (Å²) in [6.45, 7) is 11.2. The molecule has 1 fully saturated rings. The molecular formula is C12H24N2S. The van der Waals surface area contributed by atoms with Crippen molar-refractivity contribution in [2.24, 2.45) is 0 Å². The molecule has 0 radical (unpaired) electrons. The second-order valence-corrected chi connectivity index (χ2v) is 5.01. The third-order valence-electron chi connectivity index (χ3n) is 3.13. The van der Waals surface area contributed by atoms with Crippen molar-refractivity contribution < 1.29 is 0 Å². The van der Waals surface area contributed by atoms with Gasteiger partial charge in [0.25, 0.3) is 0 Å². The Hall–Kier alpha value is -0.310. The van der Waals surface area contributed by atoms with E-state index in [4.69, 9.17) is 12.2 Å². The van der Waals surface area contributed by atoms with Crippen LogP contribution < -0.4 is 0 Å². The highest BCUT2D eigenvalue weighted by Crippen LogP contribution is 2.21. The van der Waals surface area contributed by atoms with Crippen LogP contribution >= 0.6 is 12.2 Å². The molecule has 0 aromatic rings. The van der Waals surface area contributed by atoms with Gasteiger partial charge in [-0.2, -0.15) is 0 Å². The Morgan fingerprint density at radius 1 is 1.40 bits per heavy atom. The summed E-state index contributed by atoms with van der Waals surface area (Å²) in [5.41, 5.74) is 0. The van der Waals surface area contributed by atoms with Gasteiger partial charge >= 0.3 is 0 Å². The monoisotopic (exact) mass is 228 g/mol. The maximum Gasteiger partial charge on any atom is 0.172 e. The molecule has 0 aromatic carbocycles. The second-order valence-electron chi connectivity index (χ2n) is 4.65. The van der Waals surface area contributed by atoms with Crippen LogP contribution in [0.25, 0.3) is 0 Å². The standard InChI is InChI=1S/C12H24N2S/c1-5-7-8-13-9-11(6-2)14(10(3)4)12(13)15/h10-11H,5-9H2,1-4H3. The lowest BCUT2D eigenvalue weighted by atomic mass is 10.2. The molecule has 0 aliphatic carbocycles. The molecule has 0 N–H and O–H groups in total. The minimum Gasteiger partial charge on any atom is -0.347 e. The topological polar surface area (TPSA) is 6.48 Å². The Labute approximate surface area is 99.6 Å². The van der Waals surface area contributed by atoms with Gasteiger partial charge in [-0.1, -0.05) is 20.3 Å². The van der Waals surface area contributed by atoms with Gasteiger partial charge in [-0.15, -0.1) is 0 Å². The number of thiocarbonyl (C=S) groups is 1. The summed E-state index contributed by atoms with van der Waals surface area (Å²) in [4.78, 5) is 4.79. The average molecular weight is 228 g/mol. The van der Waals surface area contributed by atoms with Gasteiger partial charge in [-0.3, -0.25) is 0 Å². The van der Waals surface area contributed by atoms with Crippen molar-refractivity contribution >= 4 is 17.3 Å². The first-order valence-electron chi connectivity index (χ1n) is 6.19. The summed E-state index contributed by atoms with van der Waals surface area (Å²) >= 11 is 5.55. The van der Waals surface area contributed by atoms with Crippen LogP contribution in [0.3, 0.4) is 0 Å². The molecule has 2 nitrogen and oxygen atoms in total. The van der Waals surface area contributed by atoms with Gasteiger partial charge in [0.05, 0.1) is 0 Å². The fourth-order valence-corrected chi connectivity index (χ4v) is 2.77. The van der Waals surface area contributed by atoms with Crippen LogP contribution in [0, 0.1) is 0 Å². The third kappa shape index (κ3) is 2.83. The van der Waals surface area contributed by atoms with Gasteiger partial charge in [0, 0.05) is 25.2 Å². The van der Waals surface area contributed by atoms with Crippen LogP contribution in [0.1, 0.15) is 47.0 Å². The normalized spacial score (nSPS) is 21.9. The molecule has 1 aliphatic heterocycles. The molecule has 3 heteroatoms. The number of rotatable bonds is 5. The van der Waals surface area contributed by atoms with Crippen molar-refractivity contribution in [2.45, 2.75) is 59.0 Å². The summed E-state index contributed by atoms with van der Waals surface area (Å²) in [6, 6.07) is 1.17. The summed E-state index contributed by atoms with van der Waals surface area (Å²) in [7, 11) is 0. The van der Waals surface area contributed by atoms with Gasteiger partial charge in [0.2, 0.25) is 0 Å². The van der Waals surface area contributed by atoms with Crippen molar-refractivity contribution in [3.63, 3.8) is 0 Å². The third-order valence-corrected chi connectivity index (χ3v) is 3.59. The van der Waals surface area contributed by atoms with Crippen molar-refractivity contribution in [3.05, 3.63) is 0 Å². The minimum absolute atomic E-state index is 0.536. The number of nitrogens with zero attached hydrogens (tertiary/aromatic N) is 2. The zero-order valence-electron chi connectivity index (χ0n) is 10.5. The number of hydrogen-bond donors (Lipinski definition) is 0. The van der Waals surface area contributed by atoms with Gasteiger partial charge in [0.15, 0.2) is 5.11 Å². The minimum atomic E-state index is 0.536. The van der Waals surface area contributed by atoms with Gasteiger partial charge < -0.3 is 9.80 Å². The molecule has 0 saturated carbocycles. The Kier molecular flexibility index (Phi) is 4.84. The van der Waals surface area contributed by atoms with Crippen LogP contribution in [0.5, 0.6) is 0 Å². The van der Waals surface area contributed by atoms with Crippen LogP contribution in [0.4, 0.5) is 0 Å². The quantitative estimate of drug-likeness (QED) is 0.668. The molecule has 1 aliphatic rings. The first kappa shape index (κ1) is 12.8. The van der Waals surface area contributed by atoms with Crippen molar-refractivity contribution in [1.82, 2.24) is 9.80 Å². The lowest BCUT2D eigenvalue weighted by molar-refractivity contribution is 0.287. The van der Waals surface area contributed by atoms with Crippen LogP contribution in [-0.4, -0.2) is 40.1 Å². The van der Waals surface area contributed by atoms with E-state index in [0.29, 0.717) is 12.1 Å². The molecule has 1 heterocycles. The maximum absolute atomic E-state index is 5.55. The van der Waals surface area contributed by atoms with Crippen LogP contribution in [-0.2, 0) is 0 Å². The highest BCUT2D eigenvalue weighted by atomic mass is 32.1. The predicted octanol–water partition coefficient (Wildman–Crippen LogP) is 2.88. The smallest absolute Gasteiger partial charge is 0.172 e. The molecule has 1 saturated heterocycles. The molecule has 88 valence electrons. The summed E-state index contributed by atoms with van der Waals surface area (Å²) in [5, 5.41) is 1.07. The van der Waals surface area contributed by atoms with E-state index in [0.717, 1.165) is 18.2 Å². The van der Waals surface area contributed by atoms with Crippen molar-refractivity contribution in [2.75, 3.05) is 13.1 Å². The summed E-state index contributed by atoms with van der Waals surface area (Å²) in [5.74, 6) is 0. The first-order valence-corrected chi connectivity index (χ1v) is 6.59. The van der Waals surface area contributed by atoms with E-state index in [2.05, 4.69) is 37.5 Å². The zero-order valence-corrected chi connectivity index (χ0v) is 11.3. The molecule has 1 unspecified atom stereocenters. The van der Waals surface area contributed by atoms with E-state index in [1.54, 1.807) is 0 Å². The molecular weight excluding hydrogens is 204 g/mol. The summed E-state index contributed by atoms with van der Waals surface area (Å²) in [6.07, 6.45) is 3.70. The SMILES string of the molecule is CCCCN1CC(CC)N(C(C)C)C1=S. The molecule has 1 rings (SSSR count). The molecule has 1 atom stereocenters. The lowest BCUT2D eigenvalue weighted by Crippen LogP contribution is -2.39. The Bertz CT molecular complexity index is 216. The Balaban J connectivity index is 2.62. The largest absolute Gasteiger partial charge is 0.347 e. The fraction of sp³-hybridized carbons (Fsp3) is 0.917. The highest BCUT2D eigenvalue weighted by molar-refractivity contribution is 7.80. The van der Waals surface area contributed by atoms with E-state index in [-0.39, 0.29) is 0 Å². The van der Waals surface area contributed by atoms with Gasteiger partial charge in [0.1, 0.15) is 0 Å². The zero-order chi connectivity index (χ0) is 11.4. The van der Waals surface area contributed by atoms with Crippen molar-refractivity contribution in [1.29, 1.82) is 0 Å². The van der Waals surface area contributed by atoms with Crippen LogP contribution in [0.2, 0.25) is 0 Å². The number of hydrogen-bond acceptors (Lipinski definition) is 1.